The third-order valence-electron chi connectivity index (χ3n) is 2.42. The van der Waals surface area contributed by atoms with Crippen LogP contribution in [0, 0.1) is 0 Å². The molecular weight excluding hydrogens is 344 g/mol. The number of amides is 1. The number of carbonyl (C=O) groups excluding carboxylic acids is 2. The first-order valence-electron chi connectivity index (χ1n) is 5.90. The summed E-state index contributed by atoms with van der Waals surface area (Å²) in [5.74, 6) is -0.787. The Morgan fingerprint density at radius 1 is 1.43 bits per heavy atom. The molecule has 0 radical (unpaired) electrons. The molecule has 1 fully saturated rings. The van der Waals surface area contributed by atoms with Crippen molar-refractivity contribution in [2.45, 2.75) is 24.3 Å². The van der Waals surface area contributed by atoms with Gasteiger partial charge in [-0.05, 0) is 0 Å². The second-order valence-corrected chi connectivity index (χ2v) is 8.33. The minimum atomic E-state index is -4.64. The minimum Gasteiger partial charge on any atom is -0.370 e. The van der Waals surface area contributed by atoms with Gasteiger partial charge < -0.3 is 15.7 Å². The Kier molecular flexibility index (Phi) is 7.23. The molecule has 0 saturated carbocycles. The van der Waals surface area contributed by atoms with Crippen LogP contribution in [0.15, 0.2) is 0 Å². The van der Waals surface area contributed by atoms with E-state index in [1.165, 1.54) is 21.6 Å². The number of nitrogens with zero attached hydrogens (tertiary/aromatic N) is 1. The molecule has 0 aromatic rings. The molecule has 2 atom stereocenters. The number of hydrogen-bond acceptors (Lipinski definition) is 9. The van der Waals surface area contributed by atoms with Crippen molar-refractivity contribution in [3.8, 4) is 0 Å². The first-order chi connectivity index (χ1) is 9.77. The summed E-state index contributed by atoms with van der Waals surface area (Å²) in [4.78, 5) is 27.8. The van der Waals surface area contributed by atoms with Crippen molar-refractivity contribution in [1.29, 1.82) is 0 Å². The van der Waals surface area contributed by atoms with Gasteiger partial charge >= 0.3 is 5.97 Å². The van der Waals surface area contributed by atoms with E-state index in [9.17, 15) is 23.1 Å². The van der Waals surface area contributed by atoms with Gasteiger partial charge in [0.15, 0.2) is 11.5 Å². The number of hydroxylamine groups is 2. The number of aliphatic hydroxyl groups is 1. The van der Waals surface area contributed by atoms with Gasteiger partial charge in [0, 0.05) is 24.5 Å². The highest BCUT2D eigenvalue weighted by Crippen LogP contribution is 2.24. The fourth-order valence-corrected chi connectivity index (χ4v) is 4.08. The second kappa shape index (κ2) is 8.19. The van der Waals surface area contributed by atoms with E-state index < -0.39 is 39.9 Å². The van der Waals surface area contributed by atoms with Crippen LogP contribution in [0.4, 0.5) is 0 Å². The predicted molar refractivity (Wildman–Crippen MR) is 77.5 cm³/mol. The Balaban J connectivity index is 2.44. The van der Waals surface area contributed by atoms with Crippen LogP contribution in [0.25, 0.3) is 0 Å². The Labute approximate surface area is 129 Å². The van der Waals surface area contributed by atoms with Crippen LogP contribution in [-0.4, -0.2) is 64.5 Å². The van der Waals surface area contributed by atoms with Gasteiger partial charge in [0.2, 0.25) is 0 Å². The molecule has 9 nitrogen and oxygen atoms in total. The third kappa shape index (κ3) is 5.64. The molecule has 1 aliphatic rings. The quantitative estimate of drug-likeness (QED) is 0.279. The maximum atomic E-state index is 11.6. The minimum absolute atomic E-state index is 0.0186. The SMILES string of the molecule is NCCSSCCC(=O)ON1C(=O)C(S(=O)(=O)O)CC1O. The lowest BCUT2D eigenvalue weighted by atomic mass is 10.3. The first kappa shape index (κ1) is 18.5. The normalized spacial score (nSPS) is 22.6. The molecular formula is C9H16N2O7S3. The fourth-order valence-electron chi connectivity index (χ4n) is 1.48. The van der Waals surface area contributed by atoms with Gasteiger partial charge in [-0.15, -0.1) is 5.06 Å². The Hall–Kier alpha value is -0.530. The smallest absolute Gasteiger partial charge is 0.333 e. The summed E-state index contributed by atoms with van der Waals surface area (Å²) < 4.78 is 30.7. The summed E-state index contributed by atoms with van der Waals surface area (Å²) in [6, 6.07) is 0. The third-order valence-corrected chi connectivity index (χ3v) is 5.98. The highest BCUT2D eigenvalue weighted by atomic mass is 33.1. The van der Waals surface area contributed by atoms with Crippen LogP contribution >= 0.6 is 21.6 Å². The Morgan fingerprint density at radius 2 is 2.05 bits per heavy atom. The van der Waals surface area contributed by atoms with Crippen LogP contribution in [0.2, 0.25) is 0 Å². The van der Waals surface area contributed by atoms with E-state index in [4.69, 9.17) is 10.3 Å². The van der Waals surface area contributed by atoms with E-state index in [0.29, 0.717) is 17.4 Å². The van der Waals surface area contributed by atoms with Crippen LogP contribution in [0.1, 0.15) is 12.8 Å². The molecule has 0 aromatic carbocycles. The Bertz CT molecular complexity index is 484. The average molecular weight is 360 g/mol. The monoisotopic (exact) mass is 360 g/mol. The van der Waals surface area contributed by atoms with Crippen LogP contribution in [0.3, 0.4) is 0 Å². The van der Waals surface area contributed by atoms with E-state index in [1.54, 1.807) is 0 Å². The lowest BCUT2D eigenvalue weighted by molar-refractivity contribution is -0.220. The van der Waals surface area contributed by atoms with Gasteiger partial charge in [0.05, 0.1) is 6.42 Å². The summed E-state index contributed by atoms with van der Waals surface area (Å²) in [7, 11) is -1.75. The van der Waals surface area contributed by atoms with Gasteiger partial charge in [-0.2, -0.15) is 8.42 Å². The van der Waals surface area contributed by atoms with Gasteiger partial charge in [0.1, 0.15) is 0 Å². The molecule has 1 aliphatic heterocycles. The summed E-state index contributed by atoms with van der Waals surface area (Å²) in [6.07, 6.45) is -2.16. The van der Waals surface area contributed by atoms with Crippen molar-refractivity contribution in [2.75, 3.05) is 18.1 Å². The molecule has 0 bridgehead atoms. The van der Waals surface area contributed by atoms with Crippen LogP contribution < -0.4 is 5.73 Å². The molecule has 0 aliphatic carbocycles. The largest absolute Gasteiger partial charge is 0.370 e. The molecule has 21 heavy (non-hydrogen) atoms. The molecule has 4 N–H and O–H groups in total. The second-order valence-electron chi connectivity index (χ2n) is 4.03. The Morgan fingerprint density at radius 3 is 2.57 bits per heavy atom. The van der Waals surface area contributed by atoms with Crippen molar-refractivity contribution in [3.63, 3.8) is 0 Å². The summed E-state index contributed by atoms with van der Waals surface area (Å²) in [6.45, 7) is 0.521. The van der Waals surface area contributed by atoms with Crippen molar-refractivity contribution < 1.29 is 32.5 Å². The molecule has 1 saturated heterocycles. The topological polar surface area (TPSA) is 147 Å². The van der Waals surface area contributed by atoms with E-state index in [1.807, 2.05) is 0 Å². The maximum absolute atomic E-state index is 11.6. The number of rotatable bonds is 8. The molecule has 12 heteroatoms. The van der Waals surface area contributed by atoms with E-state index >= 15 is 0 Å². The van der Waals surface area contributed by atoms with Crippen molar-refractivity contribution in [3.05, 3.63) is 0 Å². The lowest BCUT2D eigenvalue weighted by Crippen LogP contribution is -2.38. The molecule has 0 spiro atoms. The molecule has 0 aromatic heterocycles. The van der Waals surface area contributed by atoms with Gasteiger partial charge in [-0.25, -0.2) is 4.79 Å². The van der Waals surface area contributed by atoms with Gasteiger partial charge in [-0.1, -0.05) is 21.6 Å². The zero-order valence-corrected chi connectivity index (χ0v) is 13.3. The van der Waals surface area contributed by atoms with Crippen molar-refractivity contribution >= 4 is 43.6 Å². The van der Waals surface area contributed by atoms with E-state index in [0.717, 1.165) is 5.75 Å². The van der Waals surface area contributed by atoms with Gasteiger partial charge in [0.25, 0.3) is 16.0 Å². The van der Waals surface area contributed by atoms with Crippen molar-refractivity contribution in [1.82, 2.24) is 5.06 Å². The zero-order valence-electron chi connectivity index (χ0n) is 10.9. The molecule has 1 heterocycles. The maximum Gasteiger partial charge on any atom is 0.333 e. The number of aliphatic hydroxyl groups excluding tert-OH is 1. The van der Waals surface area contributed by atoms with Crippen molar-refractivity contribution in [2.24, 2.45) is 5.73 Å². The first-order valence-corrected chi connectivity index (χ1v) is 9.89. The highest BCUT2D eigenvalue weighted by molar-refractivity contribution is 8.76. The number of hydrogen-bond donors (Lipinski definition) is 3. The van der Waals surface area contributed by atoms with E-state index in [-0.39, 0.29) is 6.42 Å². The predicted octanol–water partition coefficient (Wildman–Crippen LogP) is -1.02. The highest BCUT2D eigenvalue weighted by Gasteiger charge is 2.48. The number of nitrogens with two attached hydrogens (primary N) is 1. The molecule has 2 unspecified atom stereocenters. The molecule has 1 rings (SSSR count). The average Bonchev–Trinajstić information content (AvgIpc) is 2.66. The molecule has 1 amide bonds. The summed E-state index contributed by atoms with van der Waals surface area (Å²) in [5.41, 5.74) is 5.29. The zero-order chi connectivity index (χ0) is 16.0. The number of carbonyl (C=O) groups is 2. The van der Waals surface area contributed by atoms with Gasteiger partial charge in [-0.3, -0.25) is 9.35 Å². The fraction of sp³-hybridized carbons (Fsp3) is 0.778. The van der Waals surface area contributed by atoms with Crippen LogP contribution in [0.5, 0.6) is 0 Å². The summed E-state index contributed by atoms with van der Waals surface area (Å²) >= 11 is 0. The summed E-state index contributed by atoms with van der Waals surface area (Å²) in [5, 5.41) is 7.99. The van der Waals surface area contributed by atoms with Crippen LogP contribution in [-0.2, 0) is 24.5 Å². The molecule has 122 valence electrons. The van der Waals surface area contributed by atoms with E-state index in [2.05, 4.69) is 4.84 Å². The standard InChI is InChI=1S/C9H16N2O7S3/c10-2-4-20-19-3-1-8(13)18-11-7(12)5-6(9(11)14)21(15,16)17/h6-7,12H,1-5,10H2,(H,15,16,17). The lowest BCUT2D eigenvalue weighted by Gasteiger charge is -2.18.